The third-order valence-corrected chi connectivity index (χ3v) is 2.14. The van der Waals surface area contributed by atoms with Gasteiger partial charge in [-0.25, -0.2) is 9.97 Å². The quantitative estimate of drug-likeness (QED) is 0.719. The van der Waals surface area contributed by atoms with Crippen LogP contribution < -0.4 is 10.6 Å². The normalized spacial score (nSPS) is 10.4. The summed E-state index contributed by atoms with van der Waals surface area (Å²) < 4.78 is 0. The first-order valence-corrected chi connectivity index (χ1v) is 5.11. The third-order valence-electron chi connectivity index (χ3n) is 2.14. The molecule has 0 amide bonds. The maximum Gasteiger partial charge on any atom is 0.225 e. The van der Waals surface area contributed by atoms with Crippen LogP contribution in [0.2, 0.25) is 0 Å². The molecule has 15 heavy (non-hydrogen) atoms. The van der Waals surface area contributed by atoms with Crippen molar-refractivity contribution in [1.82, 2.24) is 9.97 Å². The fourth-order valence-corrected chi connectivity index (χ4v) is 1.38. The van der Waals surface area contributed by atoms with Gasteiger partial charge in [-0.3, -0.25) is 0 Å². The van der Waals surface area contributed by atoms with Gasteiger partial charge in [0.05, 0.1) is 12.3 Å². The Kier molecular flexibility index (Phi) is 4.45. The number of aliphatic hydroxyl groups is 1. The molecule has 0 spiro atoms. The molecule has 0 aliphatic rings. The first kappa shape index (κ1) is 11.9. The first-order valence-electron chi connectivity index (χ1n) is 5.11. The van der Waals surface area contributed by atoms with Gasteiger partial charge in [-0.2, -0.15) is 0 Å². The van der Waals surface area contributed by atoms with E-state index in [1.54, 1.807) is 0 Å². The Morgan fingerprint density at radius 2 is 2.20 bits per heavy atom. The first-order chi connectivity index (χ1) is 7.21. The Balaban J connectivity index is 2.95. The molecule has 0 saturated heterocycles. The lowest BCUT2D eigenvalue weighted by Gasteiger charge is -2.20. The van der Waals surface area contributed by atoms with Gasteiger partial charge in [0.1, 0.15) is 0 Å². The molecular formula is C10H18N4O. The highest BCUT2D eigenvalue weighted by atomic mass is 16.3. The molecule has 3 N–H and O–H groups in total. The molecule has 0 radical (unpaired) electrons. The van der Waals surface area contributed by atoms with Gasteiger partial charge in [-0.15, -0.1) is 0 Å². The van der Waals surface area contributed by atoms with E-state index in [1.807, 2.05) is 24.8 Å². The highest BCUT2D eigenvalue weighted by Gasteiger charge is 2.08. The van der Waals surface area contributed by atoms with Crippen LogP contribution in [-0.4, -0.2) is 34.8 Å². The fourth-order valence-electron chi connectivity index (χ4n) is 1.38. The van der Waals surface area contributed by atoms with E-state index in [9.17, 15) is 0 Å². The van der Waals surface area contributed by atoms with Gasteiger partial charge in [-0.05, 0) is 19.9 Å². The second kappa shape index (κ2) is 5.63. The summed E-state index contributed by atoms with van der Waals surface area (Å²) in [5.41, 5.74) is 7.27. The van der Waals surface area contributed by atoms with Crippen LogP contribution in [0.25, 0.3) is 0 Å². The average molecular weight is 210 g/mol. The van der Waals surface area contributed by atoms with Crippen molar-refractivity contribution in [2.75, 3.05) is 24.6 Å². The molecule has 0 aromatic carbocycles. The molecule has 0 unspecified atom stereocenters. The Bertz CT molecular complexity index is 316. The van der Waals surface area contributed by atoms with Crippen LogP contribution in [-0.2, 0) is 6.54 Å². The molecule has 1 rings (SSSR count). The van der Waals surface area contributed by atoms with Crippen LogP contribution in [0.1, 0.15) is 18.3 Å². The number of aliphatic hydroxyl groups excluding tert-OH is 1. The summed E-state index contributed by atoms with van der Waals surface area (Å²) in [5, 5.41) is 8.90. The summed E-state index contributed by atoms with van der Waals surface area (Å²) in [6.45, 7) is 5.74. The van der Waals surface area contributed by atoms with Gasteiger partial charge in [0.2, 0.25) is 5.95 Å². The molecule has 1 aromatic heterocycles. The van der Waals surface area contributed by atoms with Crippen molar-refractivity contribution in [2.45, 2.75) is 20.4 Å². The van der Waals surface area contributed by atoms with E-state index in [0.29, 0.717) is 19.0 Å². The number of anilines is 1. The van der Waals surface area contributed by atoms with E-state index in [4.69, 9.17) is 10.8 Å². The maximum atomic E-state index is 8.90. The largest absolute Gasteiger partial charge is 0.395 e. The number of likely N-dealkylation sites (N-methyl/N-ethyl adjacent to an activating group) is 1. The van der Waals surface area contributed by atoms with Gasteiger partial charge in [0.15, 0.2) is 0 Å². The second-order valence-electron chi connectivity index (χ2n) is 3.31. The summed E-state index contributed by atoms with van der Waals surface area (Å²) >= 11 is 0. The molecule has 0 saturated carbocycles. The standard InChI is InChI=1S/C10H18N4O/c1-3-14(4-5-15)10-12-8(2)6-9(7-11)13-10/h6,15H,3-5,7,11H2,1-2H3. The monoisotopic (exact) mass is 210 g/mol. The van der Waals surface area contributed by atoms with E-state index in [0.717, 1.165) is 17.9 Å². The number of aromatic nitrogens is 2. The van der Waals surface area contributed by atoms with Crippen molar-refractivity contribution in [1.29, 1.82) is 0 Å². The number of hydrogen-bond acceptors (Lipinski definition) is 5. The smallest absolute Gasteiger partial charge is 0.225 e. The van der Waals surface area contributed by atoms with Gasteiger partial charge in [-0.1, -0.05) is 0 Å². The predicted molar refractivity (Wildman–Crippen MR) is 59.6 cm³/mol. The molecule has 0 bridgehead atoms. The van der Waals surface area contributed by atoms with Crippen molar-refractivity contribution in [3.8, 4) is 0 Å². The maximum absolute atomic E-state index is 8.90. The van der Waals surface area contributed by atoms with Gasteiger partial charge < -0.3 is 15.7 Å². The van der Waals surface area contributed by atoms with E-state index in [2.05, 4.69) is 9.97 Å². The summed E-state index contributed by atoms with van der Waals surface area (Å²) in [5.74, 6) is 0.645. The van der Waals surface area contributed by atoms with E-state index < -0.39 is 0 Å². The minimum atomic E-state index is 0.100. The summed E-state index contributed by atoms with van der Waals surface area (Å²) in [6.07, 6.45) is 0. The molecule has 1 heterocycles. The number of rotatable bonds is 5. The molecule has 5 heteroatoms. The Labute approximate surface area is 90.0 Å². The predicted octanol–water partition coefficient (Wildman–Crippen LogP) is 0.0623. The average Bonchev–Trinajstić information content (AvgIpc) is 2.24. The van der Waals surface area contributed by atoms with E-state index in [-0.39, 0.29) is 6.61 Å². The SMILES string of the molecule is CCN(CCO)c1nc(C)cc(CN)n1. The van der Waals surface area contributed by atoms with Crippen molar-refractivity contribution in [3.63, 3.8) is 0 Å². The molecule has 0 atom stereocenters. The van der Waals surface area contributed by atoms with Crippen LogP contribution in [0, 0.1) is 6.92 Å². The van der Waals surface area contributed by atoms with Crippen molar-refractivity contribution in [2.24, 2.45) is 5.73 Å². The second-order valence-corrected chi connectivity index (χ2v) is 3.31. The lowest BCUT2D eigenvalue weighted by atomic mass is 10.3. The summed E-state index contributed by atoms with van der Waals surface area (Å²) in [4.78, 5) is 10.6. The zero-order chi connectivity index (χ0) is 11.3. The summed E-state index contributed by atoms with van der Waals surface area (Å²) in [6, 6.07) is 1.87. The Morgan fingerprint density at radius 1 is 1.47 bits per heavy atom. The number of nitrogens with zero attached hydrogens (tertiary/aromatic N) is 3. The molecule has 84 valence electrons. The molecule has 0 fully saturated rings. The molecule has 0 aliphatic carbocycles. The lowest BCUT2D eigenvalue weighted by molar-refractivity contribution is 0.301. The summed E-state index contributed by atoms with van der Waals surface area (Å²) in [7, 11) is 0. The number of nitrogens with two attached hydrogens (primary N) is 1. The molecular weight excluding hydrogens is 192 g/mol. The Hall–Kier alpha value is -1.20. The third kappa shape index (κ3) is 3.14. The fraction of sp³-hybridized carbons (Fsp3) is 0.600. The van der Waals surface area contributed by atoms with Crippen LogP contribution >= 0.6 is 0 Å². The topological polar surface area (TPSA) is 75.3 Å². The minimum Gasteiger partial charge on any atom is -0.395 e. The van der Waals surface area contributed by atoms with Crippen molar-refractivity contribution in [3.05, 3.63) is 17.5 Å². The van der Waals surface area contributed by atoms with Gasteiger partial charge in [0.25, 0.3) is 0 Å². The Morgan fingerprint density at radius 3 is 2.73 bits per heavy atom. The van der Waals surface area contributed by atoms with E-state index >= 15 is 0 Å². The zero-order valence-corrected chi connectivity index (χ0v) is 9.27. The highest BCUT2D eigenvalue weighted by molar-refractivity contribution is 5.32. The molecule has 1 aromatic rings. The zero-order valence-electron chi connectivity index (χ0n) is 9.27. The van der Waals surface area contributed by atoms with Gasteiger partial charge >= 0.3 is 0 Å². The van der Waals surface area contributed by atoms with Crippen molar-refractivity contribution < 1.29 is 5.11 Å². The minimum absolute atomic E-state index is 0.100. The molecule has 5 nitrogen and oxygen atoms in total. The van der Waals surface area contributed by atoms with E-state index in [1.165, 1.54) is 0 Å². The lowest BCUT2D eigenvalue weighted by Crippen LogP contribution is -2.28. The number of hydrogen-bond donors (Lipinski definition) is 2. The number of aryl methyl sites for hydroxylation is 1. The van der Waals surface area contributed by atoms with Crippen LogP contribution in [0.5, 0.6) is 0 Å². The highest BCUT2D eigenvalue weighted by Crippen LogP contribution is 2.09. The van der Waals surface area contributed by atoms with Crippen LogP contribution in [0.15, 0.2) is 6.07 Å². The van der Waals surface area contributed by atoms with Crippen LogP contribution in [0.4, 0.5) is 5.95 Å². The van der Waals surface area contributed by atoms with Crippen LogP contribution in [0.3, 0.4) is 0 Å². The van der Waals surface area contributed by atoms with Gasteiger partial charge in [0, 0.05) is 25.3 Å². The molecule has 0 aliphatic heterocycles. The van der Waals surface area contributed by atoms with Crippen molar-refractivity contribution >= 4 is 5.95 Å².